The van der Waals surface area contributed by atoms with Crippen molar-refractivity contribution in [3.8, 4) is 0 Å². The van der Waals surface area contributed by atoms with Crippen molar-refractivity contribution in [2.45, 2.75) is 116 Å². The van der Waals surface area contributed by atoms with E-state index >= 15 is 0 Å². The molecule has 27 heavy (non-hydrogen) atoms. The second-order valence-electron chi connectivity index (χ2n) is 9.45. The van der Waals surface area contributed by atoms with Gasteiger partial charge in [0.2, 0.25) is 0 Å². The van der Waals surface area contributed by atoms with E-state index in [-0.39, 0.29) is 0 Å². The SMILES string of the molecule is CCCC1(CCC(CC2=CCCCC2)c2ccc(CC)cc2)CCCCC1. The van der Waals surface area contributed by atoms with E-state index in [1.807, 2.05) is 0 Å². The van der Waals surface area contributed by atoms with Gasteiger partial charge >= 0.3 is 0 Å². The molecule has 0 aromatic heterocycles. The number of aryl methyl sites for hydroxylation is 1. The zero-order valence-corrected chi connectivity index (χ0v) is 18.1. The summed E-state index contributed by atoms with van der Waals surface area (Å²) in [6.07, 6.45) is 23.6. The average Bonchev–Trinajstić information content (AvgIpc) is 2.73. The molecule has 0 heterocycles. The Hall–Kier alpha value is -1.04. The van der Waals surface area contributed by atoms with Crippen LogP contribution < -0.4 is 0 Å². The lowest BCUT2D eigenvalue weighted by Gasteiger charge is -2.39. The normalized spacial score (nSPS) is 20.9. The van der Waals surface area contributed by atoms with Gasteiger partial charge in [-0.2, -0.15) is 0 Å². The Kier molecular flexibility index (Phi) is 8.04. The fourth-order valence-corrected chi connectivity index (χ4v) is 5.76. The lowest BCUT2D eigenvalue weighted by Crippen LogP contribution is -2.25. The zero-order chi connectivity index (χ0) is 19.0. The molecule has 3 rings (SSSR count). The molecular formula is C27H42. The molecule has 0 aliphatic heterocycles. The van der Waals surface area contributed by atoms with Crippen molar-refractivity contribution in [2.75, 3.05) is 0 Å². The Morgan fingerprint density at radius 1 is 0.889 bits per heavy atom. The van der Waals surface area contributed by atoms with Crippen LogP contribution in [0.4, 0.5) is 0 Å². The molecule has 1 saturated carbocycles. The molecule has 0 saturated heterocycles. The van der Waals surface area contributed by atoms with Crippen LogP contribution >= 0.6 is 0 Å². The summed E-state index contributed by atoms with van der Waals surface area (Å²) in [5.74, 6) is 0.732. The number of rotatable bonds is 9. The van der Waals surface area contributed by atoms with Crippen molar-refractivity contribution >= 4 is 0 Å². The highest BCUT2D eigenvalue weighted by Gasteiger charge is 2.31. The summed E-state index contributed by atoms with van der Waals surface area (Å²) in [5, 5.41) is 0. The molecule has 1 atom stereocenters. The van der Waals surface area contributed by atoms with E-state index in [4.69, 9.17) is 0 Å². The quantitative estimate of drug-likeness (QED) is 0.383. The maximum Gasteiger partial charge on any atom is -0.0125 e. The van der Waals surface area contributed by atoms with E-state index in [2.05, 4.69) is 44.2 Å². The van der Waals surface area contributed by atoms with Crippen molar-refractivity contribution in [1.29, 1.82) is 0 Å². The first-order valence-electron chi connectivity index (χ1n) is 12.0. The van der Waals surface area contributed by atoms with Gasteiger partial charge in [-0.1, -0.05) is 75.4 Å². The van der Waals surface area contributed by atoms with Crippen LogP contribution in [0.25, 0.3) is 0 Å². The highest BCUT2D eigenvalue weighted by Crippen LogP contribution is 2.46. The van der Waals surface area contributed by atoms with Gasteiger partial charge in [-0.25, -0.2) is 0 Å². The van der Waals surface area contributed by atoms with Gasteiger partial charge in [-0.15, -0.1) is 0 Å². The molecule has 0 radical (unpaired) electrons. The molecule has 150 valence electrons. The highest BCUT2D eigenvalue weighted by molar-refractivity contribution is 5.27. The second kappa shape index (κ2) is 10.5. The molecule has 0 spiro atoms. The molecule has 1 fully saturated rings. The average molecular weight is 367 g/mol. The molecule has 2 aliphatic carbocycles. The van der Waals surface area contributed by atoms with Crippen molar-refractivity contribution in [1.82, 2.24) is 0 Å². The topological polar surface area (TPSA) is 0 Å². The highest BCUT2D eigenvalue weighted by atomic mass is 14.4. The van der Waals surface area contributed by atoms with Crippen LogP contribution in [-0.2, 0) is 6.42 Å². The fourth-order valence-electron chi connectivity index (χ4n) is 5.76. The van der Waals surface area contributed by atoms with Gasteiger partial charge in [0.15, 0.2) is 0 Å². The lowest BCUT2D eigenvalue weighted by molar-refractivity contribution is 0.148. The molecule has 0 heteroatoms. The first-order valence-corrected chi connectivity index (χ1v) is 12.0. The van der Waals surface area contributed by atoms with Gasteiger partial charge in [0.25, 0.3) is 0 Å². The second-order valence-corrected chi connectivity index (χ2v) is 9.45. The zero-order valence-electron chi connectivity index (χ0n) is 18.1. The van der Waals surface area contributed by atoms with Gasteiger partial charge in [0.1, 0.15) is 0 Å². The van der Waals surface area contributed by atoms with Crippen molar-refractivity contribution in [3.05, 3.63) is 47.0 Å². The predicted octanol–water partition coefficient (Wildman–Crippen LogP) is 8.75. The summed E-state index contributed by atoms with van der Waals surface area (Å²) in [6.45, 7) is 4.65. The molecule has 1 aromatic rings. The largest absolute Gasteiger partial charge is 0.0853 e. The third kappa shape index (κ3) is 5.97. The minimum Gasteiger partial charge on any atom is -0.0853 e. The van der Waals surface area contributed by atoms with E-state index < -0.39 is 0 Å². The Bertz CT molecular complexity index is 565. The first kappa shape index (κ1) is 20.7. The Balaban J connectivity index is 1.72. The fraction of sp³-hybridized carbons (Fsp3) is 0.704. The van der Waals surface area contributed by atoms with Crippen molar-refractivity contribution < 1.29 is 0 Å². The molecule has 0 bridgehead atoms. The summed E-state index contributed by atoms with van der Waals surface area (Å²) in [7, 11) is 0. The van der Waals surface area contributed by atoms with Gasteiger partial charge in [0.05, 0.1) is 0 Å². The molecule has 0 N–H and O–H groups in total. The molecule has 1 aromatic carbocycles. The summed E-state index contributed by atoms with van der Waals surface area (Å²) >= 11 is 0. The van der Waals surface area contributed by atoms with E-state index in [1.54, 1.807) is 11.1 Å². The van der Waals surface area contributed by atoms with Crippen molar-refractivity contribution in [3.63, 3.8) is 0 Å². The molecule has 1 unspecified atom stereocenters. The van der Waals surface area contributed by atoms with Crippen LogP contribution in [-0.4, -0.2) is 0 Å². The number of hydrogen-bond acceptors (Lipinski definition) is 0. The summed E-state index contributed by atoms with van der Waals surface area (Å²) < 4.78 is 0. The van der Waals surface area contributed by atoms with Gasteiger partial charge < -0.3 is 0 Å². The summed E-state index contributed by atoms with van der Waals surface area (Å²) in [4.78, 5) is 0. The molecule has 2 aliphatic rings. The van der Waals surface area contributed by atoms with E-state index in [1.165, 1.54) is 95.5 Å². The van der Waals surface area contributed by atoms with Crippen LogP contribution in [0.2, 0.25) is 0 Å². The summed E-state index contributed by atoms with van der Waals surface area (Å²) in [6, 6.07) is 9.64. The third-order valence-electron chi connectivity index (χ3n) is 7.47. The minimum absolute atomic E-state index is 0.662. The van der Waals surface area contributed by atoms with E-state index in [9.17, 15) is 0 Å². The maximum absolute atomic E-state index is 2.57. The van der Waals surface area contributed by atoms with Crippen LogP contribution in [0.5, 0.6) is 0 Å². The van der Waals surface area contributed by atoms with Crippen molar-refractivity contribution in [2.24, 2.45) is 5.41 Å². The molecule has 0 amide bonds. The van der Waals surface area contributed by atoms with Crippen LogP contribution in [0.3, 0.4) is 0 Å². The van der Waals surface area contributed by atoms with Gasteiger partial charge in [0, 0.05) is 0 Å². The first-order chi connectivity index (χ1) is 13.2. The predicted molar refractivity (Wildman–Crippen MR) is 119 cm³/mol. The van der Waals surface area contributed by atoms with Crippen LogP contribution in [0.15, 0.2) is 35.9 Å². The monoisotopic (exact) mass is 366 g/mol. The molecular weight excluding hydrogens is 324 g/mol. The van der Waals surface area contributed by atoms with Crippen LogP contribution in [0.1, 0.15) is 121 Å². The van der Waals surface area contributed by atoms with E-state index in [0.717, 1.165) is 12.3 Å². The van der Waals surface area contributed by atoms with Gasteiger partial charge in [-0.3, -0.25) is 0 Å². The lowest BCUT2D eigenvalue weighted by atomic mass is 9.67. The molecule has 0 nitrogen and oxygen atoms in total. The van der Waals surface area contributed by atoms with Crippen LogP contribution in [0, 0.1) is 5.41 Å². The standard InChI is InChI=1S/C27H42/c1-3-18-27(19-9-6-10-20-27)21-17-26(22-24-11-7-5-8-12-24)25-15-13-23(4-2)14-16-25/h11,13-16,26H,3-10,12,17-22H2,1-2H3. The number of allylic oxidation sites excluding steroid dienone is 2. The Morgan fingerprint density at radius 2 is 1.67 bits per heavy atom. The number of benzene rings is 1. The van der Waals surface area contributed by atoms with Gasteiger partial charge in [-0.05, 0) is 93.1 Å². The van der Waals surface area contributed by atoms with E-state index in [0.29, 0.717) is 5.41 Å². The number of hydrogen-bond donors (Lipinski definition) is 0. The smallest absolute Gasteiger partial charge is 0.0125 e. The Labute approximate surface area is 168 Å². The Morgan fingerprint density at radius 3 is 2.30 bits per heavy atom. The maximum atomic E-state index is 2.57. The summed E-state index contributed by atoms with van der Waals surface area (Å²) in [5.41, 5.74) is 5.49. The minimum atomic E-state index is 0.662. The third-order valence-corrected chi connectivity index (χ3v) is 7.47.